The van der Waals surface area contributed by atoms with E-state index in [2.05, 4.69) is 5.32 Å². The zero-order valence-corrected chi connectivity index (χ0v) is 9.33. The number of para-hydroxylation sites is 1. The number of carboxylic acid groups (broad SMARTS) is 1. The Bertz CT molecular complexity index is 407. The van der Waals surface area contributed by atoms with Crippen molar-refractivity contribution in [2.24, 2.45) is 0 Å². The molecular weight excluding hydrogens is 251 g/mol. The number of hydrogen-bond acceptors (Lipinski definition) is 3. The first-order valence-corrected chi connectivity index (χ1v) is 5.13. The van der Waals surface area contributed by atoms with Crippen LogP contribution in [-0.4, -0.2) is 36.9 Å². The highest BCUT2D eigenvalue weighted by atomic mass is 19.4. The SMILES string of the molecule is O=C(O)c1ccccc1OCCNCC(F)(F)F. The minimum atomic E-state index is -4.26. The molecule has 0 atom stereocenters. The second-order valence-electron chi connectivity index (χ2n) is 3.44. The van der Waals surface area contributed by atoms with Crippen LogP contribution in [0.4, 0.5) is 13.2 Å². The van der Waals surface area contributed by atoms with Crippen molar-refractivity contribution in [3.63, 3.8) is 0 Å². The summed E-state index contributed by atoms with van der Waals surface area (Å²) in [5, 5.41) is 11.0. The molecular formula is C11H12F3NO3. The molecule has 2 N–H and O–H groups in total. The third kappa shape index (κ3) is 5.05. The van der Waals surface area contributed by atoms with E-state index in [1.165, 1.54) is 18.2 Å². The first-order chi connectivity index (χ1) is 8.40. The topological polar surface area (TPSA) is 58.6 Å². The van der Waals surface area contributed by atoms with Crippen LogP contribution in [0.25, 0.3) is 0 Å². The number of aromatic carboxylic acids is 1. The second-order valence-corrected chi connectivity index (χ2v) is 3.44. The van der Waals surface area contributed by atoms with E-state index in [9.17, 15) is 18.0 Å². The normalized spacial score (nSPS) is 11.3. The number of carbonyl (C=O) groups is 1. The molecule has 0 spiro atoms. The standard InChI is InChI=1S/C11H12F3NO3/c12-11(13,14)7-15-5-6-18-9-4-2-1-3-8(9)10(16)17/h1-4,15H,5-7H2,(H,16,17). The average Bonchev–Trinajstić information content (AvgIpc) is 2.27. The van der Waals surface area contributed by atoms with Crippen LogP contribution < -0.4 is 10.1 Å². The highest BCUT2D eigenvalue weighted by molar-refractivity contribution is 5.90. The van der Waals surface area contributed by atoms with Crippen LogP contribution >= 0.6 is 0 Å². The van der Waals surface area contributed by atoms with Gasteiger partial charge < -0.3 is 15.2 Å². The van der Waals surface area contributed by atoms with Gasteiger partial charge in [-0.2, -0.15) is 13.2 Å². The number of rotatable bonds is 6. The van der Waals surface area contributed by atoms with Crippen molar-refractivity contribution >= 4 is 5.97 Å². The summed E-state index contributed by atoms with van der Waals surface area (Å²) in [5.74, 6) is -1.01. The summed E-state index contributed by atoms with van der Waals surface area (Å²) in [7, 11) is 0. The fourth-order valence-corrected chi connectivity index (χ4v) is 1.23. The monoisotopic (exact) mass is 263 g/mol. The van der Waals surface area contributed by atoms with Crippen molar-refractivity contribution in [1.82, 2.24) is 5.32 Å². The molecule has 0 amide bonds. The summed E-state index contributed by atoms with van der Waals surface area (Å²) in [6, 6.07) is 5.94. The molecule has 0 aliphatic carbocycles. The van der Waals surface area contributed by atoms with E-state index in [0.29, 0.717) is 0 Å². The molecule has 100 valence electrons. The Kier molecular flexibility index (Phi) is 4.96. The maximum absolute atomic E-state index is 11.8. The lowest BCUT2D eigenvalue weighted by Gasteiger charge is -2.10. The molecule has 4 nitrogen and oxygen atoms in total. The number of nitrogens with one attached hydrogen (secondary N) is 1. The van der Waals surface area contributed by atoms with Crippen LogP contribution in [0.3, 0.4) is 0 Å². The summed E-state index contributed by atoms with van der Waals surface area (Å²) in [4.78, 5) is 10.8. The van der Waals surface area contributed by atoms with Gasteiger partial charge in [0.05, 0.1) is 6.54 Å². The molecule has 1 aromatic rings. The Morgan fingerprint density at radius 1 is 1.33 bits per heavy atom. The summed E-state index contributed by atoms with van der Waals surface area (Å²) >= 11 is 0. The number of hydrogen-bond donors (Lipinski definition) is 2. The summed E-state index contributed by atoms with van der Waals surface area (Å²) in [5.41, 5.74) is -0.0201. The summed E-state index contributed by atoms with van der Waals surface area (Å²) in [6.45, 7) is -1.16. The Hall–Kier alpha value is -1.76. The largest absolute Gasteiger partial charge is 0.491 e. The Morgan fingerprint density at radius 3 is 2.61 bits per heavy atom. The Morgan fingerprint density at radius 2 is 2.00 bits per heavy atom. The molecule has 1 rings (SSSR count). The summed E-state index contributed by atoms with van der Waals surface area (Å²) in [6.07, 6.45) is -4.26. The maximum Gasteiger partial charge on any atom is 0.401 e. The molecule has 0 aliphatic rings. The third-order valence-electron chi connectivity index (χ3n) is 1.98. The molecule has 0 heterocycles. The molecule has 0 bridgehead atoms. The molecule has 0 saturated heterocycles. The predicted octanol–water partition coefficient (Wildman–Crippen LogP) is 1.92. The van der Waals surface area contributed by atoms with E-state index in [1.54, 1.807) is 6.07 Å². The minimum absolute atomic E-state index is 0.0201. The van der Waals surface area contributed by atoms with Gasteiger partial charge in [-0.25, -0.2) is 4.79 Å². The molecule has 0 unspecified atom stereocenters. The molecule has 0 aromatic heterocycles. The van der Waals surface area contributed by atoms with Crippen molar-refractivity contribution in [1.29, 1.82) is 0 Å². The van der Waals surface area contributed by atoms with Gasteiger partial charge in [0.25, 0.3) is 0 Å². The predicted molar refractivity (Wildman–Crippen MR) is 57.8 cm³/mol. The number of alkyl halides is 3. The van der Waals surface area contributed by atoms with Crippen molar-refractivity contribution in [3.05, 3.63) is 29.8 Å². The van der Waals surface area contributed by atoms with Gasteiger partial charge in [-0.3, -0.25) is 0 Å². The zero-order valence-electron chi connectivity index (χ0n) is 9.33. The quantitative estimate of drug-likeness (QED) is 0.770. The third-order valence-corrected chi connectivity index (χ3v) is 1.98. The molecule has 0 fully saturated rings. The zero-order chi connectivity index (χ0) is 13.6. The van der Waals surface area contributed by atoms with Gasteiger partial charge in [-0.05, 0) is 12.1 Å². The van der Waals surface area contributed by atoms with Crippen LogP contribution in [0.1, 0.15) is 10.4 Å². The van der Waals surface area contributed by atoms with Crippen LogP contribution in [-0.2, 0) is 0 Å². The van der Waals surface area contributed by atoms with Crippen molar-refractivity contribution in [3.8, 4) is 5.75 Å². The van der Waals surface area contributed by atoms with Gasteiger partial charge >= 0.3 is 12.1 Å². The smallest absolute Gasteiger partial charge is 0.401 e. The van der Waals surface area contributed by atoms with Crippen molar-refractivity contribution in [2.75, 3.05) is 19.7 Å². The van der Waals surface area contributed by atoms with Crippen LogP contribution in [0.15, 0.2) is 24.3 Å². The summed E-state index contributed by atoms with van der Waals surface area (Å²) < 4.78 is 40.5. The lowest BCUT2D eigenvalue weighted by Crippen LogP contribution is -2.31. The van der Waals surface area contributed by atoms with Gasteiger partial charge in [0.1, 0.15) is 17.9 Å². The average molecular weight is 263 g/mol. The number of benzene rings is 1. The molecule has 1 aromatic carbocycles. The van der Waals surface area contributed by atoms with Gasteiger partial charge in [-0.1, -0.05) is 12.1 Å². The van der Waals surface area contributed by atoms with Gasteiger partial charge in [0.2, 0.25) is 0 Å². The van der Waals surface area contributed by atoms with Crippen molar-refractivity contribution < 1.29 is 27.8 Å². The fraction of sp³-hybridized carbons (Fsp3) is 0.364. The lowest BCUT2D eigenvalue weighted by atomic mass is 10.2. The van der Waals surface area contributed by atoms with E-state index in [-0.39, 0.29) is 24.5 Å². The van der Waals surface area contributed by atoms with Crippen LogP contribution in [0.2, 0.25) is 0 Å². The van der Waals surface area contributed by atoms with Gasteiger partial charge in [0, 0.05) is 6.54 Å². The van der Waals surface area contributed by atoms with E-state index in [0.717, 1.165) is 0 Å². The molecule has 7 heteroatoms. The number of halogens is 3. The highest BCUT2D eigenvalue weighted by Gasteiger charge is 2.25. The lowest BCUT2D eigenvalue weighted by molar-refractivity contribution is -0.124. The molecule has 0 saturated carbocycles. The van der Waals surface area contributed by atoms with Gasteiger partial charge in [-0.15, -0.1) is 0 Å². The van der Waals surface area contributed by atoms with E-state index >= 15 is 0 Å². The van der Waals surface area contributed by atoms with E-state index in [1.807, 2.05) is 0 Å². The first kappa shape index (κ1) is 14.3. The van der Waals surface area contributed by atoms with Crippen molar-refractivity contribution in [2.45, 2.75) is 6.18 Å². The first-order valence-electron chi connectivity index (χ1n) is 5.13. The Labute approximate surface area is 101 Å². The van der Waals surface area contributed by atoms with E-state index < -0.39 is 18.7 Å². The highest BCUT2D eigenvalue weighted by Crippen LogP contribution is 2.17. The Balaban J connectivity index is 2.38. The van der Waals surface area contributed by atoms with Crippen LogP contribution in [0, 0.1) is 0 Å². The molecule has 18 heavy (non-hydrogen) atoms. The molecule has 0 aliphatic heterocycles. The fourth-order valence-electron chi connectivity index (χ4n) is 1.23. The number of ether oxygens (including phenoxy) is 1. The van der Waals surface area contributed by atoms with Gasteiger partial charge in [0.15, 0.2) is 0 Å². The minimum Gasteiger partial charge on any atom is -0.491 e. The van der Waals surface area contributed by atoms with Crippen LogP contribution in [0.5, 0.6) is 5.75 Å². The maximum atomic E-state index is 11.8. The number of carboxylic acids is 1. The van der Waals surface area contributed by atoms with E-state index in [4.69, 9.17) is 9.84 Å². The second kappa shape index (κ2) is 6.25. The molecule has 0 radical (unpaired) electrons.